The van der Waals surface area contributed by atoms with E-state index in [2.05, 4.69) is 20.9 Å². The van der Waals surface area contributed by atoms with Crippen molar-refractivity contribution in [1.29, 1.82) is 0 Å². The number of hydrogen-bond acceptors (Lipinski definition) is 4. The molecule has 3 rings (SSSR count). The predicted molar refractivity (Wildman–Crippen MR) is 130 cm³/mol. The molecule has 30 heavy (non-hydrogen) atoms. The minimum Gasteiger partial charge on any atom is -0.454 e. The highest BCUT2D eigenvalue weighted by Crippen LogP contribution is 2.32. The highest BCUT2D eigenvalue weighted by Gasteiger charge is 2.13. The Kier molecular flexibility index (Phi) is 9.72. The van der Waals surface area contributed by atoms with Crippen molar-refractivity contribution in [2.24, 2.45) is 4.99 Å². The Hall–Kier alpha value is -2.49. The molecule has 3 N–H and O–H groups in total. The first-order chi connectivity index (χ1) is 14.2. The van der Waals surface area contributed by atoms with Crippen LogP contribution in [0.15, 0.2) is 47.5 Å². The van der Waals surface area contributed by atoms with E-state index < -0.39 is 0 Å². The van der Waals surface area contributed by atoms with Gasteiger partial charge in [0, 0.05) is 25.2 Å². The fourth-order valence-electron chi connectivity index (χ4n) is 2.89. The summed E-state index contributed by atoms with van der Waals surface area (Å²) in [4.78, 5) is 16.3. The summed E-state index contributed by atoms with van der Waals surface area (Å²) < 4.78 is 10.8. The molecule has 0 spiro atoms. The van der Waals surface area contributed by atoms with E-state index in [0.717, 1.165) is 47.2 Å². The van der Waals surface area contributed by atoms with E-state index in [4.69, 9.17) is 9.47 Å². The maximum Gasteiger partial charge on any atom is 0.231 e. The molecule has 0 bridgehead atoms. The number of anilines is 1. The van der Waals surface area contributed by atoms with Gasteiger partial charge < -0.3 is 25.4 Å². The van der Waals surface area contributed by atoms with Gasteiger partial charge in [-0.15, -0.1) is 24.0 Å². The number of hydrogen-bond donors (Lipinski definition) is 3. The van der Waals surface area contributed by atoms with Crippen molar-refractivity contribution in [1.82, 2.24) is 10.6 Å². The van der Waals surface area contributed by atoms with E-state index in [-0.39, 0.29) is 36.7 Å². The topological polar surface area (TPSA) is 84.0 Å². The molecule has 0 unspecified atom stereocenters. The van der Waals surface area contributed by atoms with Crippen LogP contribution in [0.1, 0.15) is 37.8 Å². The first-order valence-corrected chi connectivity index (χ1v) is 9.97. The quantitative estimate of drug-likeness (QED) is 0.276. The summed E-state index contributed by atoms with van der Waals surface area (Å²) in [6, 6.07) is 13.7. The van der Waals surface area contributed by atoms with Crippen LogP contribution in [0, 0.1) is 0 Å². The molecule has 0 aliphatic carbocycles. The number of amides is 1. The summed E-state index contributed by atoms with van der Waals surface area (Å²) in [7, 11) is 0. The number of aliphatic imine (C=N–C) groups is 1. The van der Waals surface area contributed by atoms with Crippen LogP contribution in [0.4, 0.5) is 5.69 Å². The molecule has 2 aromatic carbocycles. The fourth-order valence-corrected chi connectivity index (χ4v) is 2.89. The molecule has 1 aliphatic rings. The monoisotopic (exact) mass is 524 g/mol. The minimum absolute atomic E-state index is 0. The first kappa shape index (κ1) is 23.8. The Balaban J connectivity index is 0.00000320. The molecule has 0 radical (unpaired) electrons. The Labute approximate surface area is 194 Å². The SMILES string of the molecule is CCCC(=O)Nc1ccc(CNC(=NCc2ccc3c(c2)OCO3)NCC)cc1.I. The predicted octanol–water partition coefficient (Wildman–Crippen LogP) is 4.03. The summed E-state index contributed by atoms with van der Waals surface area (Å²) in [6.07, 6.45) is 1.38. The molecular weight excluding hydrogens is 495 g/mol. The molecule has 0 aromatic heterocycles. The van der Waals surface area contributed by atoms with Gasteiger partial charge in [-0.2, -0.15) is 0 Å². The first-order valence-electron chi connectivity index (χ1n) is 9.97. The molecule has 162 valence electrons. The van der Waals surface area contributed by atoms with Crippen molar-refractivity contribution >= 4 is 41.5 Å². The van der Waals surface area contributed by atoms with Crippen LogP contribution in [0.3, 0.4) is 0 Å². The van der Waals surface area contributed by atoms with Crippen LogP contribution >= 0.6 is 24.0 Å². The third kappa shape index (κ3) is 7.08. The standard InChI is InChI=1S/C22H28N4O3.HI/c1-3-5-21(27)26-18-9-6-16(7-10-18)13-24-22(23-4-2)25-14-17-8-11-19-20(12-17)29-15-28-19;/h6-12H,3-5,13-15H2,1-2H3,(H,26,27)(H2,23,24,25);1H. The molecule has 0 saturated heterocycles. The van der Waals surface area contributed by atoms with Gasteiger partial charge in [0.15, 0.2) is 17.5 Å². The van der Waals surface area contributed by atoms with E-state index in [0.29, 0.717) is 19.5 Å². The number of nitrogens with one attached hydrogen (secondary N) is 3. The van der Waals surface area contributed by atoms with Crippen LogP contribution in [-0.4, -0.2) is 25.2 Å². The van der Waals surface area contributed by atoms with Crippen molar-refractivity contribution < 1.29 is 14.3 Å². The number of carbonyl (C=O) groups excluding carboxylic acids is 1. The molecule has 0 fully saturated rings. The molecule has 1 aliphatic heterocycles. The molecule has 1 amide bonds. The number of benzene rings is 2. The zero-order valence-electron chi connectivity index (χ0n) is 17.4. The normalized spacial score (nSPS) is 12.1. The van der Waals surface area contributed by atoms with Gasteiger partial charge in [0.2, 0.25) is 12.7 Å². The number of guanidine groups is 1. The van der Waals surface area contributed by atoms with E-state index in [9.17, 15) is 4.79 Å². The number of carbonyl (C=O) groups is 1. The Morgan fingerprint density at radius 1 is 1.00 bits per heavy atom. The van der Waals surface area contributed by atoms with E-state index in [1.54, 1.807) is 0 Å². The van der Waals surface area contributed by atoms with Gasteiger partial charge in [0.1, 0.15) is 0 Å². The van der Waals surface area contributed by atoms with Crippen LogP contribution in [0.25, 0.3) is 0 Å². The lowest BCUT2D eigenvalue weighted by atomic mass is 10.2. The Morgan fingerprint density at radius 2 is 1.73 bits per heavy atom. The average molecular weight is 524 g/mol. The second-order valence-corrected chi connectivity index (χ2v) is 6.73. The van der Waals surface area contributed by atoms with E-state index in [1.165, 1.54) is 0 Å². The second kappa shape index (κ2) is 12.3. The van der Waals surface area contributed by atoms with Crippen LogP contribution < -0.4 is 25.4 Å². The third-order valence-electron chi connectivity index (χ3n) is 4.38. The Bertz CT molecular complexity index is 856. The maximum atomic E-state index is 11.7. The van der Waals surface area contributed by atoms with Crippen LogP contribution in [-0.2, 0) is 17.9 Å². The summed E-state index contributed by atoms with van der Waals surface area (Å²) >= 11 is 0. The number of rotatable bonds is 8. The lowest BCUT2D eigenvalue weighted by molar-refractivity contribution is -0.116. The molecule has 7 nitrogen and oxygen atoms in total. The van der Waals surface area contributed by atoms with Crippen LogP contribution in [0.2, 0.25) is 0 Å². The van der Waals surface area contributed by atoms with Crippen molar-refractivity contribution in [2.75, 3.05) is 18.7 Å². The van der Waals surface area contributed by atoms with Crippen molar-refractivity contribution in [2.45, 2.75) is 39.8 Å². The number of halogens is 1. The van der Waals surface area contributed by atoms with Gasteiger partial charge in [-0.1, -0.05) is 25.1 Å². The highest BCUT2D eigenvalue weighted by atomic mass is 127. The van der Waals surface area contributed by atoms with Crippen molar-refractivity contribution in [3.05, 3.63) is 53.6 Å². The fraction of sp³-hybridized carbons (Fsp3) is 0.364. The molecule has 8 heteroatoms. The van der Waals surface area contributed by atoms with E-state index >= 15 is 0 Å². The summed E-state index contributed by atoms with van der Waals surface area (Å²) in [6.45, 7) is 6.24. The van der Waals surface area contributed by atoms with Gasteiger partial charge >= 0.3 is 0 Å². The number of ether oxygens (including phenoxy) is 2. The number of fused-ring (bicyclic) bond motifs is 1. The smallest absolute Gasteiger partial charge is 0.231 e. The van der Waals surface area contributed by atoms with Gasteiger partial charge in [-0.05, 0) is 48.7 Å². The maximum absolute atomic E-state index is 11.7. The largest absolute Gasteiger partial charge is 0.454 e. The summed E-state index contributed by atoms with van der Waals surface area (Å²) in [5, 5.41) is 9.49. The number of nitrogens with zero attached hydrogens (tertiary/aromatic N) is 1. The minimum atomic E-state index is 0. The molecule has 0 atom stereocenters. The highest BCUT2D eigenvalue weighted by molar-refractivity contribution is 14.0. The van der Waals surface area contributed by atoms with Gasteiger partial charge in [0.05, 0.1) is 6.54 Å². The molecular formula is C22H29IN4O3. The van der Waals surface area contributed by atoms with Gasteiger partial charge in [0.25, 0.3) is 0 Å². The van der Waals surface area contributed by atoms with Crippen molar-refractivity contribution in [3.8, 4) is 11.5 Å². The zero-order chi connectivity index (χ0) is 20.5. The lowest BCUT2D eigenvalue weighted by Gasteiger charge is -2.12. The van der Waals surface area contributed by atoms with Crippen LogP contribution in [0.5, 0.6) is 11.5 Å². The van der Waals surface area contributed by atoms with E-state index in [1.807, 2.05) is 56.3 Å². The lowest BCUT2D eigenvalue weighted by Crippen LogP contribution is -2.36. The van der Waals surface area contributed by atoms with Gasteiger partial charge in [-0.3, -0.25) is 4.79 Å². The molecule has 2 aromatic rings. The molecule has 1 heterocycles. The van der Waals surface area contributed by atoms with Gasteiger partial charge in [-0.25, -0.2) is 4.99 Å². The average Bonchev–Trinajstić information content (AvgIpc) is 3.19. The summed E-state index contributed by atoms with van der Waals surface area (Å²) in [5.41, 5.74) is 2.97. The Morgan fingerprint density at radius 3 is 2.47 bits per heavy atom. The van der Waals surface area contributed by atoms with Crippen molar-refractivity contribution in [3.63, 3.8) is 0 Å². The third-order valence-corrected chi connectivity index (χ3v) is 4.38. The summed E-state index contributed by atoms with van der Waals surface area (Å²) in [5.74, 6) is 2.33. The second-order valence-electron chi connectivity index (χ2n) is 6.73. The zero-order valence-corrected chi connectivity index (χ0v) is 19.7. The molecule has 0 saturated carbocycles.